The molecule has 1 aliphatic heterocycles. The van der Waals surface area contributed by atoms with Crippen LogP contribution in [0, 0.1) is 24.0 Å². The lowest BCUT2D eigenvalue weighted by molar-refractivity contribution is -0.385. The highest BCUT2D eigenvalue weighted by Gasteiger charge is 2.30. The molecule has 0 atom stereocenters. The summed E-state index contributed by atoms with van der Waals surface area (Å²) < 4.78 is 33.2. The maximum absolute atomic E-state index is 13.3. The molecule has 1 saturated heterocycles. The Labute approximate surface area is 177 Å². The van der Waals surface area contributed by atoms with E-state index >= 15 is 0 Å². The molecule has 0 aliphatic carbocycles. The van der Waals surface area contributed by atoms with Crippen LogP contribution in [-0.2, 0) is 16.6 Å². The average Bonchev–Trinajstić information content (AvgIpc) is 2.96. The molecule has 8 nitrogen and oxygen atoms in total. The number of methoxy groups -OCH3 is 1. The molecule has 1 fully saturated rings. The van der Waals surface area contributed by atoms with Gasteiger partial charge in [-0.2, -0.15) is 4.31 Å². The highest BCUT2D eigenvalue weighted by molar-refractivity contribution is 7.89. The van der Waals surface area contributed by atoms with Crippen molar-refractivity contribution < 1.29 is 18.1 Å². The zero-order valence-electron chi connectivity index (χ0n) is 17.5. The number of hydrogen-bond donors (Lipinski definition) is 0. The van der Waals surface area contributed by atoms with Crippen molar-refractivity contribution in [2.75, 3.05) is 33.3 Å². The number of nitrogens with zero attached hydrogens (tertiary/aromatic N) is 3. The predicted molar refractivity (Wildman–Crippen MR) is 114 cm³/mol. The highest BCUT2D eigenvalue weighted by atomic mass is 32.2. The number of ether oxygens (including phenoxy) is 1. The van der Waals surface area contributed by atoms with Crippen molar-refractivity contribution >= 4 is 15.7 Å². The predicted octanol–water partition coefficient (Wildman–Crippen LogP) is 3.12. The second-order valence-electron chi connectivity index (χ2n) is 7.52. The summed E-state index contributed by atoms with van der Waals surface area (Å²) in [5.74, 6) is 0.800. The summed E-state index contributed by atoms with van der Waals surface area (Å²) in [6.07, 6.45) is 0.697. The summed E-state index contributed by atoms with van der Waals surface area (Å²) >= 11 is 0. The van der Waals surface area contributed by atoms with Gasteiger partial charge in [0.05, 0.1) is 16.9 Å². The van der Waals surface area contributed by atoms with Gasteiger partial charge >= 0.3 is 0 Å². The molecule has 1 heterocycles. The van der Waals surface area contributed by atoms with Gasteiger partial charge in [0.15, 0.2) is 0 Å². The molecule has 2 aromatic carbocycles. The van der Waals surface area contributed by atoms with Gasteiger partial charge in [0, 0.05) is 38.3 Å². The van der Waals surface area contributed by atoms with Gasteiger partial charge in [-0.1, -0.05) is 12.1 Å². The molecule has 0 aromatic heterocycles. The van der Waals surface area contributed by atoms with Crippen molar-refractivity contribution in [1.29, 1.82) is 0 Å². The van der Waals surface area contributed by atoms with Crippen molar-refractivity contribution in [3.63, 3.8) is 0 Å². The first-order valence-electron chi connectivity index (χ1n) is 9.83. The minimum Gasteiger partial charge on any atom is -0.497 e. The Bertz CT molecular complexity index is 1020. The number of aryl methyl sites for hydroxylation is 1. The largest absolute Gasteiger partial charge is 0.497 e. The van der Waals surface area contributed by atoms with Gasteiger partial charge in [-0.3, -0.25) is 15.0 Å². The summed E-state index contributed by atoms with van der Waals surface area (Å²) in [6, 6.07) is 10.4. The smallest absolute Gasteiger partial charge is 0.271 e. The van der Waals surface area contributed by atoms with Gasteiger partial charge in [-0.05, 0) is 55.6 Å². The van der Waals surface area contributed by atoms with Crippen LogP contribution in [0.2, 0.25) is 0 Å². The molecule has 0 N–H and O–H groups in total. The lowest BCUT2D eigenvalue weighted by Crippen LogP contribution is -2.35. The van der Waals surface area contributed by atoms with Gasteiger partial charge in [0.2, 0.25) is 10.0 Å². The Morgan fingerprint density at radius 2 is 1.77 bits per heavy atom. The van der Waals surface area contributed by atoms with Crippen LogP contribution < -0.4 is 4.74 Å². The Kier molecular flexibility index (Phi) is 6.74. The van der Waals surface area contributed by atoms with Crippen LogP contribution in [0.4, 0.5) is 5.69 Å². The van der Waals surface area contributed by atoms with Gasteiger partial charge in [-0.15, -0.1) is 0 Å². The van der Waals surface area contributed by atoms with Crippen LogP contribution in [0.3, 0.4) is 0 Å². The fourth-order valence-electron chi connectivity index (χ4n) is 3.66. The summed E-state index contributed by atoms with van der Waals surface area (Å²) in [7, 11) is -2.19. The summed E-state index contributed by atoms with van der Waals surface area (Å²) in [6.45, 7) is 6.23. The summed E-state index contributed by atoms with van der Waals surface area (Å²) in [5, 5.41) is 11.2. The molecule has 0 radical (unpaired) electrons. The molecule has 2 aromatic rings. The first-order valence-corrected chi connectivity index (χ1v) is 11.3. The fourth-order valence-corrected chi connectivity index (χ4v) is 5.44. The van der Waals surface area contributed by atoms with Crippen molar-refractivity contribution in [3.05, 3.63) is 63.2 Å². The van der Waals surface area contributed by atoms with Crippen LogP contribution in [-0.4, -0.2) is 55.8 Å². The monoisotopic (exact) mass is 433 g/mol. The van der Waals surface area contributed by atoms with Crippen molar-refractivity contribution in [3.8, 4) is 5.75 Å². The lowest BCUT2D eigenvalue weighted by atomic mass is 10.1. The van der Waals surface area contributed by atoms with Gasteiger partial charge in [-0.25, -0.2) is 8.42 Å². The highest BCUT2D eigenvalue weighted by Crippen LogP contribution is 2.28. The first kappa shape index (κ1) is 22.2. The molecule has 3 rings (SSSR count). The molecule has 0 amide bonds. The zero-order valence-corrected chi connectivity index (χ0v) is 18.3. The molecule has 9 heteroatoms. The number of benzene rings is 2. The minimum absolute atomic E-state index is 0.0257. The van der Waals surface area contributed by atoms with E-state index in [4.69, 9.17) is 4.74 Å². The van der Waals surface area contributed by atoms with E-state index in [2.05, 4.69) is 4.90 Å². The number of sulfonamides is 1. The molecule has 0 spiro atoms. The summed E-state index contributed by atoms with van der Waals surface area (Å²) in [5.41, 5.74) is 2.09. The molecule has 0 saturated carbocycles. The SMILES string of the molecule is COc1ccc(CN2CCCN(S(=O)(=O)c3cc([N+](=O)[O-])cc(C)c3C)CC2)cc1. The second kappa shape index (κ2) is 9.11. The lowest BCUT2D eigenvalue weighted by Gasteiger charge is -2.23. The Hall–Kier alpha value is -2.49. The topological polar surface area (TPSA) is 93.0 Å². The van der Waals surface area contributed by atoms with Crippen LogP contribution in [0.5, 0.6) is 5.75 Å². The third-order valence-corrected chi connectivity index (χ3v) is 7.57. The standard InChI is InChI=1S/C21H27N3O5S/c1-16-13-19(24(25)26)14-21(17(16)2)30(27,28)23-10-4-9-22(11-12-23)15-18-5-7-20(29-3)8-6-18/h5-8,13-14H,4,9-12,15H2,1-3H3. The van der Waals surface area contributed by atoms with Crippen LogP contribution in [0.15, 0.2) is 41.3 Å². The molecule has 0 unspecified atom stereocenters. The quantitative estimate of drug-likeness (QED) is 0.513. The number of hydrogen-bond acceptors (Lipinski definition) is 6. The van der Waals surface area contributed by atoms with E-state index in [1.807, 2.05) is 24.3 Å². The van der Waals surface area contributed by atoms with Crippen molar-refractivity contribution in [2.24, 2.45) is 0 Å². The first-order chi connectivity index (χ1) is 14.2. The second-order valence-corrected chi connectivity index (χ2v) is 9.43. The van der Waals surface area contributed by atoms with Crippen molar-refractivity contribution in [2.45, 2.75) is 31.7 Å². The Balaban J connectivity index is 1.76. The van der Waals surface area contributed by atoms with E-state index in [0.29, 0.717) is 37.2 Å². The number of rotatable bonds is 6. The normalized spacial score (nSPS) is 16.2. The summed E-state index contributed by atoms with van der Waals surface area (Å²) in [4.78, 5) is 12.9. The van der Waals surface area contributed by atoms with Gasteiger partial charge in [0.1, 0.15) is 5.75 Å². The Morgan fingerprint density at radius 1 is 1.07 bits per heavy atom. The molecule has 162 valence electrons. The van der Waals surface area contributed by atoms with E-state index in [1.54, 1.807) is 21.0 Å². The van der Waals surface area contributed by atoms with E-state index in [0.717, 1.165) is 24.4 Å². The third kappa shape index (κ3) is 4.80. The van der Waals surface area contributed by atoms with Crippen LogP contribution >= 0.6 is 0 Å². The molecule has 1 aliphatic rings. The van der Waals surface area contributed by atoms with Crippen LogP contribution in [0.1, 0.15) is 23.1 Å². The van der Waals surface area contributed by atoms with E-state index in [-0.39, 0.29) is 10.6 Å². The molecular weight excluding hydrogens is 406 g/mol. The average molecular weight is 434 g/mol. The minimum atomic E-state index is -3.81. The molecule has 30 heavy (non-hydrogen) atoms. The van der Waals surface area contributed by atoms with Gasteiger partial charge < -0.3 is 4.74 Å². The number of non-ortho nitro benzene ring substituents is 1. The van der Waals surface area contributed by atoms with E-state index < -0.39 is 14.9 Å². The number of nitro benzene ring substituents is 1. The van der Waals surface area contributed by atoms with Gasteiger partial charge in [0.25, 0.3) is 5.69 Å². The maximum atomic E-state index is 13.3. The fraction of sp³-hybridized carbons (Fsp3) is 0.429. The van der Waals surface area contributed by atoms with Crippen LogP contribution in [0.25, 0.3) is 0 Å². The van der Waals surface area contributed by atoms with Crippen molar-refractivity contribution in [1.82, 2.24) is 9.21 Å². The zero-order chi connectivity index (χ0) is 21.9. The molecule has 0 bridgehead atoms. The van der Waals surface area contributed by atoms with E-state index in [1.165, 1.54) is 16.4 Å². The van der Waals surface area contributed by atoms with E-state index in [9.17, 15) is 18.5 Å². The Morgan fingerprint density at radius 3 is 2.40 bits per heavy atom. The maximum Gasteiger partial charge on any atom is 0.271 e. The number of nitro groups is 1. The third-order valence-electron chi connectivity index (χ3n) is 5.55. The molecular formula is C21H27N3O5S.